The number of hydrogen-bond acceptors (Lipinski definition) is 3. The molecule has 0 radical (unpaired) electrons. The fourth-order valence-electron chi connectivity index (χ4n) is 2.66. The zero-order valence-electron chi connectivity index (χ0n) is 11.5. The van der Waals surface area contributed by atoms with Gasteiger partial charge in [0.05, 0.1) is 13.2 Å². The number of hydrogen-bond donors (Lipinski definition) is 1. The third kappa shape index (κ3) is 2.65. The second-order valence-corrected chi connectivity index (χ2v) is 6.11. The number of alkyl halides is 1. The Hall–Kier alpha value is -1.88. The lowest BCUT2D eigenvalue weighted by atomic mass is 10.1. The van der Waals surface area contributed by atoms with Crippen molar-refractivity contribution in [1.82, 2.24) is 10.3 Å². The molecule has 3 rings (SSSR count). The Kier molecular flexibility index (Phi) is 3.92. The van der Waals surface area contributed by atoms with E-state index in [4.69, 9.17) is 4.74 Å². The van der Waals surface area contributed by atoms with Crippen LogP contribution in [0, 0.1) is 0 Å². The quantitative estimate of drug-likeness (QED) is 0.869. The van der Waals surface area contributed by atoms with E-state index >= 15 is 0 Å². The van der Waals surface area contributed by atoms with Gasteiger partial charge in [0.2, 0.25) is 5.88 Å². The van der Waals surface area contributed by atoms with Gasteiger partial charge in [-0.2, -0.15) is 0 Å². The first kappa shape index (κ1) is 14.1. The highest BCUT2D eigenvalue weighted by molar-refractivity contribution is 9.09. The van der Waals surface area contributed by atoms with Gasteiger partial charge < -0.3 is 10.1 Å². The maximum atomic E-state index is 12.5. The van der Waals surface area contributed by atoms with Gasteiger partial charge in [-0.1, -0.05) is 40.2 Å². The number of carbonyl (C=O) groups is 1. The Balaban J connectivity index is 1.85. The molecule has 0 fully saturated rings. The molecule has 0 spiro atoms. The molecule has 5 heteroatoms. The van der Waals surface area contributed by atoms with E-state index in [1.54, 1.807) is 18.3 Å². The van der Waals surface area contributed by atoms with E-state index in [0.717, 1.165) is 12.0 Å². The summed E-state index contributed by atoms with van der Waals surface area (Å²) in [6.45, 7) is 0. The normalized spacial score (nSPS) is 19.9. The first-order valence-corrected chi connectivity index (χ1v) is 7.64. The lowest BCUT2D eigenvalue weighted by molar-refractivity contribution is 0.0934. The third-order valence-corrected chi connectivity index (χ3v) is 4.51. The van der Waals surface area contributed by atoms with E-state index in [0.29, 0.717) is 11.4 Å². The van der Waals surface area contributed by atoms with Crippen LogP contribution < -0.4 is 10.1 Å². The number of ether oxygens (including phenoxy) is 1. The van der Waals surface area contributed by atoms with Crippen LogP contribution in [0.4, 0.5) is 0 Å². The first-order chi connectivity index (χ1) is 10.2. The Morgan fingerprint density at radius 1 is 1.33 bits per heavy atom. The number of methoxy groups -OCH3 is 1. The molecule has 108 valence electrons. The average molecular weight is 347 g/mol. The molecule has 0 aliphatic heterocycles. The Morgan fingerprint density at radius 2 is 2.14 bits per heavy atom. The van der Waals surface area contributed by atoms with E-state index in [1.165, 1.54) is 12.7 Å². The number of fused-ring (bicyclic) bond motifs is 1. The van der Waals surface area contributed by atoms with Crippen molar-refractivity contribution < 1.29 is 9.53 Å². The van der Waals surface area contributed by atoms with Gasteiger partial charge in [0, 0.05) is 11.0 Å². The summed E-state index contributed by atoms with van der Waals surface area (Å²) < 4.78 is 5.14. The summed E-state index contributed by atoms with van der Waals surface area (Å²) >= 11 is 3.66. The van der Waals surface area contributed by atoms with Crippen molar-refractivity contribution in [3.8, 4) is 5.88 Å². The molecule has 1 amide bonds. The van der Waals surface area contributed by atoms with Gasteiger partial charge in [0.1, 0.15) is 5.56 Å². The smallest absolute Gasteiger partial charge is 0.257 e. The van der Waals surface area contributed by atoms with Crippen molar-refractivity contribution in [3.63, 3.8) is 0 Å². The molecule has 4 nitrogen and oxygen atoms in total. The van der Waals surface area contributed by atoms with Crippen LogP contribution in [0.25, 0.3) is 0 Å². The van der Waals surface area contributed by atoms with Crippen molar-refractivity contribution in [2.75, 3.05) is 7.11 Å². The average Bonchev–Trinajstić information content (AvgIpc) is 2.83. The molecule has 1 heterocycles. The standard InChI is InChI=1S/C16H15BrN2O2/c1-21-16-12(7-4-8-18-16)15(20)19-14-11-6-3-2-5-10(11)9-13(14)17/h2-8,13-14H,9H2,1H3,(H,19,20). The molecule has 21 heavy (non-hydrogen) atoms. The lowest BCUT2D eigenvalue weighted by Crippen LogP contribution is -2.32. The summed E-state index contributed by atoms with van der Waals surface area (Å²) in [5, 5.41) is 3.07. The van der Waals surface area contributed by atoms with Crippen molar-refractivity contribution in [3.05, 3.63) is 59.3 Å². The molecule has 0 saturated carbocycles. The summed E-state index contributed by atoms with van der Waals surface area (Å²) in [5.41, 5.74) is 2.88. The number of pyridine rings is 1. The van der Waals surface area contributed by atoms with E-state index in [1.807, 2.05) is 12.1 Å². The predicted octanol–water partition coefficient (Wildman–Crippen LogP) is 2.88. The van der Waals surface area contributed by atoms with Gasteiger partial charge in [-0.25, -0.2) is 4.98 Å². The molecule has 1 N–H and O–H groups in total. The number of nitrogens with zero attached hydrogens (tertiary/aromatic N) is 1. The van der Waals surface area contributed by atoms with Crippen LogP contribution in [0.15, 0.2) is 42.6 Å². The summed E-state index contributed by atoms with van der Waals surface area (Å²) in [4.78, 5) is 16.7. The Morgan fingerprint density at radius 3 is 2.95 bits per heavy atom. The van der Waals surface area contributed by atoms with Crippen LogP contribution in [0.2, 0.25) is 0 Å². The molecular formula is C16H15BrN2O2. The summed E-state index contributed by atoms with van der Waals surface area (Å²) in [7, 11) is 1.51. The number of aromatic nitrogens is 1. The minimum atomic E-state index is -0.175. The van der Waals surface area contributed by atoms with Crippen LogP contribution in [0.1, 0.15) is 27.5 Å². The molecule has 2 atom stereocenters. The molecule has 1 aromatic carbocycles. The molecule has 1 aromatic heterocycles. The van der Waals surface area contributed by atoms with Crippen molar-refractivity contribution in [2.24, 2.45) is 0 Å². The number of rotatable bonds is 3. The van der Waals surface area contributed by atoms with Gasteiger partial charge in [0.25, 0.3) is 5.91 Å². The molecule has 1 aliphatic rings. The molecule has 1 aliphatic carbocycles. The number of amides is 1. The molecule has 2 aromatic rings. The number of carbonyl (C=O) groups excluding carboxylic acids is 1. The van der Waals surface area contributed by atoms with Gasteiger partial charge in [-0.15, -0.1) is 0 Å². The van der Waals surface area contributed by atoms with Gasteiger partial charge in [-0.05, 0) is 29.7 Å². The maximum absolute atomic E-state index is 12.5. The zero-order valence-corrected chi connectivity index (χ0v) is 13.1. The van der Waals surface area contributed by atoms with E-state index in [9.17, 15) is 4.79 Å². The summed E-state index contributed by atoms with van der Waals surface area (Å²) in [6.07, 6.45) is 2.51. The zero-order chi connectivity index (χ0) is 14.8. The summed E-state index contributed by atoms with van der Waals surface area (Å²) in [5.74, 6) is 0.165. The minimum absolute atomic E-state index is 0.0430. The fourth-order valence-corrected chi connectivity index (χ4v) is 3.43. The second-order valence-electron chi connectivity index (χ2n) is 4.93. The highest BCUT2D eigenvalue weighted by Gasteiger charge is 2.32. The largest absolute Gasteiger partial charge is 0.480 e. The number of halogens is 1. The van der Waals surface area contributed by atoms with E-state index in [2.05, 4.69) is 38.4 Å². The van der Waals surface area contributed by atoms with Crippen molar-refractivity contribution in [1.29, 1.82) is 0 Å². The second kappa shape index (κ2) is 5.85. The number of benzene rings is 1. The van der Waals surface area contributed by atoms with Crippen LogP contribution in [-0.2, 0) is 6.42 Å². The number of nitrogens with one attached hydrogen (secondary N) is 1. The topological polar surface area (TPSA) is 51.2 Å². The molecule has 2 unspecified atom stereocenters. The predicted molar refractivity (Wildman–Crippen MR) is 83.9 cm³/mol. The Bertz CT molecular complexity index is 675. The van der Waals surface area contributed by atoms with Crippen LogP contribution in [-0.4, -0.2) is 22.8 Å². The SMILES string of the molecule is COc1ncccc1C(=O)NC1c2ccccc2CC1Br. The van der Waals surface area contributed by atoms with Crippen molar-refractivity contribution in [2.45, 2.75) is 17.3 Å². The van der Waals surface area contributed by atoms with E-state index < -0.39 is 0 Å². The first-order valence-electron chi connectivity index (χ1n) is 6.72. The van der Waals surface area contributed by atoms with Gasteiger partial charge in [0.15, 0.2) is 0 Å². The highest BCUT2D eigenvalue weighted by Crippen LogP contribution is 2.36. The van der Waals surface area contributed by atoms with E-state index in [-0.39, 0.29) is 16.8 Å². The van der Waals surface area contributed by atoms with Crippen molar-refractivity contribution >= 4 is 21.8 Å². The maximum Gasteiger partial charge on any atom is 0.257 e. The molecular weight excluding hydrogens is 332 g/mol. The minimum Gasteiger partial charge on any atom is -0.480 e. The Labute approximate surface area is 131 Å². The van der Waals surface area contributed by atoms with Crippen LogP contribution in [0.3, 0.4) is 0 Å². The van der Waals surface area contributed by atoms with Gasteiger partial charge >= 0.3 is 0 Å². The summed E-state index contributed by atoms with van der Waals surface area (Å²) in [6, 6.07) is 11.6. The monoisotopic (exact) mass is 346 g/mol. The molecule has 0 saturated heterocycles. The van der Waals surface area contributed by atoms with Crippen LogP contribution in [0.5, 0.6) is 5.88 Å². The van der Waals surface area contributed by atoms with Crippen LogP contribution >= 0.6 is 15.9 Å². The highest BCUT2D eigenvalue weighted by atomic mass is 79.9. The third-order valence-electron chi connectivity index (χ3n) is 3.66. The lowest BCUT2D eigenvalue weighted by Gasteiger charge is -2.18. The molecule has 0 bridgehead atoms. The fraction of sp³-hybridized carbons (Fsp3) is 0.250. The van der Waals surface area contributed by atoms with Gasteiger partial charge in [-0.3, -0.25) is 4.79 Å².